The number of carboxylic acids is 1. The Balaban J connectivity index is 2.28. The summed E-state index contributed by atoms with van der Waals surface area (Å²) in [5.74, 6) is -2.47. The molecule has 2 rings (SSSR count). The summed E-state index contributed by atoms with van der Waals surface area (Å²) in [4.78, 5) is 50.4. The molecule has 2 aromatic carbocycles. The van der Waals surface area contributed by atoms with Crippen LogP contribution in [-0.4, -0.2) is 75.2 Å². The normalized spacial score (nSPS) is 14.0. The minimum absolute atomic E-state index is 0.00267. The molecular weight excluding hydrogens is 512 g/mol. The molecule has 0 aromatic heterocycles. The van der Waals surface area contributed by atoms with Gasteiger partial charge in [0.25, 0.3) is 0 Å². The van der Waals surface area contributed by atoms with E-state index in [1.165, 1.54) is 43.0 Å². The van der Waals surface area contributed by atoms with Crippen molar-refractivity contribution < 1.29 is 34.5 Å². The number of thioether (sulfide) groups is 1. The highest BCUT2D eigenvalue weighted by atomic mass is 32.2. The number of aliphatic carboxylic acids is 1. The van der Waals surface area contributed by atoms with Gasteiger partial charge in [-0.3, -0.25) is 19.2 Å². The maximum Gasteiger partial charge on any atom is 0.325 e. The molecule has 0 saturated carbocycles. The molecule has 0 fully saturated rings. The third kappa shape index (κ3) is 9.94. The maximum absolute atomic E-state index is 13.4. The lowest BCUT2D eigenvalue weighted by Gasteiger charge is -2.25. The first-order chi connectivity index (χ1) is 18.0. The van der Waals surface area contributed by atoms with Gasteiger partial charge in [-0.25, -0.2) is 0 Å². The second-order valence-electron chi connectivity index (χ2n) is 8.82. The highest BCUT2D eigenvalue weighted by molar-refractivity contribution is 7.98. The molecule has 2 aromatic rings. The van der Waals surface area contributed by atoms with Crippen molar-refractivity contribution >= 4 is 35.5 Å². The number of nitrogens with two attached hydrogens (primary N) is 1. The van der Waals surface area contributed by atoms with Crippen LogP contribution in [0, 0.1) is 0 Å². The summed E-state index contributed by atoms with van der Waals surface area (Å²) in [5, 5.41) is 36.0. The first kappa shape index (κ1) is 30.5. The Labute approximate surface area is 225 Å². The topological polar surface area (TPSA) is 191 Å². The number of nitrogens with one attached hydrogen (secondary N) is 3. The third-order valence-corrected chi connectivity index (χ3v) is 6.36. The lowest BCUT2D eigenvalue weighted by Crippen LogP contribution is -2.58. The molecule has 0 aliphatic rings. The van der Waals surface area contributed by atoms with Crippen molar-refractivity contribution in [2.45, 2.75) is 50.4 Å². The summed E-state index contributed by atoms with van der Waals surface area (Å²) in [6.45, 7) is 1.30. The molecule has 4 atom stereocenters. The number of hydrogen-bond donors (Lipinski definition) is 7. The summed E-state index contributed by atoms with van der Waals surface area (Å²) in [6, 6.07) is 7.76. The van der Waals surface area contributed by atoms with Crippen molar-refractivity contribution in [3.05, 3.63) is 59.7 Å². The number of hydrogen-bond acceptors (Lipinski definition) is 8. The quantitative estimate of drug-likeness (QED) is 0.177. The van der Waals surface area contributed by atoms with E-state index in [-0.39, 0.29) is 24.3 Å². The molecule has 0 radical (unpaired) electrons. The smallest absolute Gasteiger partial charge is 0.325 e. The zero-order valence-corrected chi connectivity index (χ0v) is 22.0. The van der Waals surface area contributed by atoms with E-state index >= 15 is 0 Å². The van der Waals surface area contributed by atoms with Gasteiger partial charge in [-0.15, -0.1) is 0 Å². The average molecular weight is 547 g/mol. The van der Waals surface area contributed by atoms with E-state index in [0.717, 1.165) is 0 Å². The van der Waals surface area contributed by atoms with Gasteiger partial charge in [-0.2, -0.15) is 11.8 Å². The molecule has 38 heavy (non-hydrogen) atoms. The molecule has 4 unspecified atom stereocenters. The zero-order chi connectivity index (χ0) is 28.2. The third-order valence-electron chi connectivity index (χ3n) is 5.72. The number of benzene rings is 2. The van der Waals surface area contributed by atoms with Gasteiger partial charge in [0.05, 0.1) is 6.04 Å². The fourth-order valence-corrected chi connectivity index (χ4v) is 3.95. The van der Waals surface area contributed by atoms with E-state index in [1.807, 2.05) is 6.26 Å². The van der Waals surface area contributed by atoms with Gasteiger partial charge in [0.15, 0.2) is 0 Å². The molecule has 0 aliphatic heterocycles. The summed E-state index contributed by atoms with van der Waals surface area (Å²) < 4.78 is 0. The Kier molecular flexibility index (Phi) is 11.9. The number of amides is 3. The molecule has 12 heteroatoms. The van der Waals surface area contributed by atoms with Crippen LogP contribution in [0.15, 0.2) is 48.5 Å². The summed E-state index contributed by atoms with van der Waals surface area (Å²) >= 11 is 1.53. The molecule has 0 bridgehead atoms. The van der Waals surface area contributed by atoms with Gasteiger partial charge in [-0.05, 0) is 60.7 Å². The van der Waals surface area contributed by atoms with Gasteiger partial charge >= 0.3 is 5.97 Å². The lowest BCUT2D eigenvalue weighted by atomic mass is 10.0. The number of phenols is 2. The Morgan fingerprint density at radius 1 is 0.789 bits per heavy atom. The molecule has 0 spiro atoms. The van der Waals surface area contributed by atoms with Crippen LogP contribution in [0.2, 0.25) is 0 Å². The van der Waals surface area contributed by atoms with Crippen LogP contribution in [0.3, 0.4) is 0 Å². The Bertz CT molecular complexity index is 1100. The van der Waals surface area contributed by atoms with Gasteiger partial charge in [0, 0.05) is 12.8 Å². The molecule has 0 aliphatic carbocycles. The number of phenolic OH excluding ortho intramolecular Hbond substituents is 2. The molecular formula is C26H34N4O7S. The predicted molar refractivity (Wildman–Crippen MR) is 144 cm³/mol. The van der Waals surface area contributed by atoms with Gasteiger partial charge in [0.1, 0.15) is 29.6 Å². The molecule has 0 saturated heterocycles. The van der Waals surface area contributed by atoms with Gasteiger partial charge < -0.3 is 37.0 Å². The average Bonchev–Trinajstić information content (AvgIpc) is 2.88. The lowest BCUT2D eigenvalue weighted by molar-refractivity contribution is -0.141. The van der Waals surface area contributed by atoms with E-state index in [4.69, 9.17) is 5.73 Å². The number of aromatic hydroxyl groups is 2. The molecule has 0 heterocycles. The minimum atomic E-state index is -1.25. The summed E-state index contributed by atoms with van der Waals surface area (Å²) in [6.07, 6.45) is 2.33. The van der Waals surface area contributed by atoms with Crippen molar-refractivity contribution in [1.82, 2.24) is 16.0 Å². The van der Waals surface area contributed by atoms with Crippen LogP contribution in [-0.2, 0) is 32.0 Å². The zero-order valence-electron chi connectivity index (χ0n) is 21.2. The monoisotopic (exact) mass is 546 g/mol. The second kappa shape index (κ2) is 14.8. The maximum atomic E-state index is 13.4. The van der Waals surface area contributed by atoms with E-state index in [2.05, 4.69) is 16.0 Å². The second-order valence-corrected chi connectivity index (χ2v) is 9.81. The predicted octanol–water partition coefficient (Wildman–Crippen LogP) is 0.522. The molecule has 11 nitrogen and oxygen atoms in total. The first-order valence-electron chi connectivity index (χ1n) is 11.9. The highest BCUT2D eigenvalue weighted by Crippen LogP contribution is 2.14. The number of rotatable bonds is 14. The molecule has 3 amide bonds. The van der Waals surface area contributed by atoms with Crippen LogP contribution >= 0.6 is 11.8 Å². The fourth-order valence-electron chi connectivity index (χ4n) is 3.46. The van der Waals surface area contributed by atoms with Crippen LogP contribution in [0.25, 0.3) is 0 Å². The Hall–Kier alpha value is -3.77. The van der Waals surface area contributed by atoms with Gasteiger partial charge in [0.2, 0.25) is 17.7 Å². The SMILES string of the molecule is CSCCC(N)C(=O)NC(Cc1ccc(O)cc1)C(=O)NC(Cc1ccc(O)cc1)C(=O)NC(C)C(=O)O. The van der Waals surface area contributed by atoms with Crippen molar-refractivity contribution in [1.29, 1.82) is 0 Å². The van der Waals surface area contributed by atoms with E-state index < -0.39 is 47.9 Å². The first-order valence-corrected chi connectivity index (χ1v) is 13.3. The van der Waals surface area contributed by atoms with Crippen molar-refractivity contribution in [2.75, 3.05) is 12.0 Å². The van der Waals surface area contributed by atoms with Crippen molar-refractivity contribution in [2.24, 2.45) is 5.73 Å². The van der Waals surface area contributed by atoms with Crippen LogP contribution < -0.4 is 21.7 Å². The van der Waals surface area contributed by atoms with Crippen LogP contribution in [0.1, 0.15) is 24.5 Å². The van der Waals surface area contributed by atoms with E-state index in [1.54, 1.807) is 24.3 Å². The molecule has 8 N–H and O–H groups in total. The van der Waals surface area contributed by atoms with E-state index in [0.29, 0.717) is 23.3 Å². The summed E-state index contributed by atoms with van der Waals surface area (Å²) in [7, 11) is 0. The largest absolute Gasteiger partial charge is 0.508 e. The standard InChI is InChI=1S/C26H34N4O7S/c1-15(26(36)37)28-24(34)21(13-16-3-7-18(31)8-4-16)30-25(35)22(14-17-5-9-19(32)10-6-17)29-23(33)20(27)11-12-38-2/h3-10,15,20-22,31-32H,11-14,27H2,1-2H3,(H,28,34)(H,29,33)(H,30,35)(H,36,37). The van der Waals surface area contributed by atoms with Crippen LogP contribution in [0.4, 0.5) is 0 Å². The van der Waals surface area contributed by atoms with Crippen molar-refractivity contribution in [3.63, 3.8) is 0 Å². The fraction of sp³-hybridized carbons (Fsp3) is 0.385. The number of carbonyl (C=O) groups excluding carboxylic acids is 3. The van der Waals surface area contributed by atoms with Crippen LogP contribution in [0.5, 0.6) is 11.5 Å². The van der Waals surface area contributed by atoms with E-state index in [9.17, 15) is 34.5 Å². The highest BCUT2D eigenvalue weighted by Gasteiger charge is 2.30. The number of carboxylic acid groups (broad SMARTS) is 1. The van der Waals surface area contributed by atoms with Crippen molar-refractivity contribution in [3.8, 4) is 11.5 Å². The van der Waals surface area contributed by atoms with Gasteiger partial charge in [-0.1, -0.05) is 24.3 Å². The number of carbonyl (C=O) groups is 4. The minimum Gasteiger partial charge on any atom is -0.508 e. The summed E-state index contributed by atoms with van der Waals surface area (Å²) in [5.41, 5.74) is 7.22. The Morgan fingerprint density at radius 3 is 1.63 bits per heavy atom. The Morgan fingerprint density at radius 2 is 1.21 bits per heavy atom. The molecule has 206 valence electrons.